The molecule has 2 aliphatic rings. The highest BCUT2D eigenvalue weighted by atomic mass is 19.1. The molecule has 9 heteroatoms. The van der Waals surface area contributed by atoms with Gasteiger partial charge in [0.15, 0.2) is 5.78 Å². The van der Waals surface area contributed by atoms with Gasteiger partial charge < -0.3 is 19.9 Å². The van der Waals surface area contributed by atoms with Gasteiger partial charge in [-0.3, -0.25) is 4.79 Å². The molecule has 0 aliphatic carbocycles. The van der Waals surface area contributed by atoms with E-state index in [1.807, 2.05) is 41.3 Å². The van der Waals surface area contributed by atoms with Crippen molar-refractivity contribution in [1.82, 2.24) is 9.97 Å². The largest absolute Gasteiger partial charge is 0.378 e. The number of nitrogens with one attached hydrogen (secondary N) is 1. The van der Waals surface area contributed by atoms with Gasteiger partial charge in [-0.1, -0.05) is 30.8 Å². The van der Waals surface area contributed by atoms with Crippen LogP contribution in [-0.4, -0.2) is 55.1 Å². The molecule has 232 valence electrons. The van der Waals surface area contributed by atoms with E-state index in [1.165, 1.54) is 12.1 Å². The van der Waals surface area contributed by atoms with Gasteiger partial charge in [0.25, 0.3) is 0 Å². The Bertz CT molecular complexity index is 1680. The number of hydrogen-bond donors (Lipinski definition) is 1. The quantitative estimate of drug-likeness (QED) is 0.197. The summed E-state index contributed by atoms with van der Waals surface area (Å²) in [6.45, 7) is 7.71. The van der Waals surface area contributed by atoms with Crippen LogP contribution < -0.4 is 15.1 Å². The fraction of sp³-hybridized carbons (Fsp3) is 0.306. The lowest BCUT2D eigenvalue weighted by Gasteiger charge is -2.29. The van der Waals surface area contributed by atoms with E-state index in [0.717, 1.165) is 54.6 Å². The van der Waals surface area contributed by atoms with Crippen molar-refractivity contribution < 1.29 is 18.3 Å². The number of benzene rings is 3. The maximum absolute atomic E-state index is 15.3. The molecule has 4 aromatic rings. The Labute approximate surface area is 262 Å². The van der Waals surface area contributed by atoms with Gasteiger partial charge in [0.2, 0.25) is 5.95 Å². The summed E-state index contributed by atoms with van der Waals surface area (Å²) in [5.74, 6) is -0.251. The van der Waals surface area contributed by atoms with Crippen molar-refractivity contribution in [3.05, 3.63) is 108 Å². The third-order valence-corrected chi connectivity index (χ3v) is 8.33. The van der Waals surface area contributed by atoms with Crippen molar-refractivity contribution in [2.75, 3.05) is 54.5 Å². The number of ketones is 1. The van der Waals surface area contributed by atoms with E-state index in [2.05, 4.69) is 21.8 Å². The van der Waals surface area contributed by atoms with Gasteiger partial charge in [-0.15, -0.1) is 0 Å². The fourth-order valence-corrected chi connectivity index (χ4v) is 5.99. The molecule has 3 aromatic carbocycles. The molecular weight excluding hydrogens is 572 g/mol. The Morgan fingerprint density at radius 3 is 2.47 bits per heavy atom. The van der Waals surface area contributed by atoms with Crippen LogP contribution in [0, 0.1) is 11.6 Å². The summed E-state index contributed by atoms with van der Waals surface area (Å²) in [6.07, 6.45) is 6.94. The Kier molecular flexibility index (Phi) is 9.45. The van der Waals surface area contributed by atoms with E-state index >= 15 is 4.39 Å². The first-order chi connectivity index (χ1) is 22.0. The number of halogens is 2. The van der Waals surface area contributed by atoms with Gasteiger partial charge in [0.1, 0.15) is 11.6 Å². The van der Waals surface area contributed by atoms with E-state index in [0.29, 0.717) is 61.4 Å². The van der Waals surface area contributed by atoms with Crippen LogP contribution in [0.15, 0.2) is 79.5 Å². The molecule has 1 aromatic heterocycles. The molecule has 0 bridgehead atoms. The zero-order valence-corrected chi connectivity index (χ0v) is 25.3. The molecule has 0 spiro atoms. The van der Waals surface area contributed by atoms with Crippen molar-refractivity contribution in [2.45, 2.75) is 32.1 Å². The van der Waals surface area contributed by atoms with Crippen LogP contribution in [0.3, 0.4) is 0 Å². The summed E-state index contributed by atoms with van der Waals surface area (Å²) in [5, 5.41) is 3.26. The van der Waals surface area contributed by atoms with E-state index in [4.69, 9.17) is 9.72 Å². The highest BCUT2D eigenvalue weighted by Gasteiger charge is 2.19. The van der Waals surface area contributed by atoms with Crippen LogP contribution in [0.5, 0.6) is 0 Å². The van der Waals surface area contributed by atoms with E-state index < -0.39 is 0 Å². The highest BCUT2D eigenvalue weighted by molar-refractivity contribution is 5.91. The zero-order chi connectivity index (χ0) is 31.2. The normalized spacial score (nSPS) is 15.2. The Hall–Kier alpha value is -4.63. The lowest BCUT2D eigenvalue weighted by Crippen LogP contribution is -2.36. The smallest absolute Gasteiger partial charge is 0.227 e. The maximum atomic E-state index is 15.3. The zero-order valence-electron chi connectivity index (χ0n) is 25.3. The van der Waals surface area contributed by atoms with Crippen molar-refractivity contribution in [2.24, 2.45) is 0 Å². The van der Waals surface area contributed by atoms with E-state index in [9.17, 15) is 9.18 Å². The predicted molar refractivity (Wildman–Crippen MR) is 174 cm³/mol. The number of ether oxygens (including phenoxy) is 1. The number of allylic oxidation sites excluding steroid dienone is 1. The second kappa shape index (κ2) is 14.0. The van der Waals surface area contributed by atoms with Crippen LogP contribution in [-0.2, 0) is 22.4 Å². The summed E-state index contributed by atoms with van der Waals surface area (Å²) in [6, 6.07) is 17.9. The Morgan fingerprint density at radius 1 is 0.889 bits per heavy atom. The number of carbonyl (C=O) groups excluding carboxylic acids is 1. The third-order valence-electron chi connectivity index (χ3n) is 8.33. The summed E-state index contributed by atoms with van der Waals surface area (Å²) in [5.41, 5.74) is 5.72. The minimum Gasteiger partial charge on any atom is -0.378 e. The molecule has 7 nitrogen and oxygen atoms in total. The number of carbonyl (C=O) groups is 1. The van der Waals surface area contributed by atoms with Crippen LogP contribution >= 0.6 is 0 Å². The Morgan fingerprint density at radius 2 is 1.69 bits per heavy atom. The van der Waals surface area contributed by atoms with Gasteiger partial charge in [-0.25, -0.2) is 18.7 Å². The summed E-state index contributed by atoms with van der Waals surface area (Å²) >= 11 is 0. The molecule has 1 N–H and O–H groups in total. The molecule has 0 unspecified atom stereocenters. The van der Waals surface area contributed by atoms with Crippen LogP contribution in [0.25, 0.3) is 11.3 Å². The molecule has 45 heavy (non-hydrogen) atoms. The van der Waals surface area contributed by atoms with E-state index in [1.54, 1.807) is 24.4 Å². The van der Waals surface area contributed by atoms with Crippen molar-refractivity contribution in [3.8, 4) is 11.3 Å². The third kappa shape index (κ3) is 7.37. The molecule has 0 saturated carbocycles. The number of aromatic nitrogens is 2. The van der Waals surface area contributed by atoms with Crippen LogP contribution in [0.2, 0.25) is 0 Å². The monoisotopic (exact) mass is 609 g/mol. The van der Waals surface area contributed by atoms with Crippen molar-refractivity contribution in [1.29, 1.82) is 0 Å². The highest BCUT2D eigenvalue weighted by Crippen LogP contribution is 2.31. The topological polar surface area (TPSA) is 70.6 Å². The number of nitrogens with zero attached hydrogens (tertiary/aromatic N) is 4. The van der Waals surface area contributed by atoms with Crippen molar-refractivity contribution >= 4 is 28.8 Å². The average Bonchev–Trinajstić information content (AvgIpc) is 3.07. The standard InChI is InChI=1S/C36H37F2N5O2/c1-2-30(44)21-25-7-6-8-27(19-25)35-28(20-26-9-12-33(32(38)22-26)43-15-17-45-18-16-43)24-39-36(41-35)40-29-10-11-31(37)34(23-29)42-13-4-3-5-14-42/h2,6-12,19,22-24H,1,3-5,13-18,20-21H2,(H,39,40,41). The second-order valence-corrected chi connectivity index (χ2v) is 11.5. The number of morpholine rings is 1. The summed E-state index contributed by atoms with van der Waals surface area (Å²) < 4.78 is 35.5. The average molecular weight is 610 g/mol. The first-order valence-electron chi connectivity index (χ1n) is 15.5. The molecular formula is C36H37F2N5O2. The molecule has 6 rings (SSSR count). The first-order valence-corrected chi connectivity index (χ1v) is 15.5. The molecule has 0 amide bonds. The summed E-state index contributed by atoms with van der Waals surface area (Å²) in [4.78, 5) is 25.7. The Balaban J connectivity index is 1.32. The van der Waals surface area contributed by atoms with E-state index in [-0.39, 0.29) is 23.8 Å². The lowest BCUT2D eigenvalue weighted by molar-refractivity contribution is -0.114. The first kappa shape index (κ1) is 30.4. The molecule has 2 fully saturated rings. The minimum atomic E-state index is -0.277. The number of hydrogen-bond acceptors (Lipinski definition) is 7. The molecule has 2 aliphatic heterocycles. The summed E-state index contributed by atoms with van der Waals surface area (Å²) in [7, 11) is 0. The van der Waals surface area contributed by atoms with Gasteiger partial charge in [-0.2, -0.15) is 0 Å². The number of anilines is 4. The SMILES string of the molecule is C=CC(=O)Cc1cccc(-c2nc(Nc3ccc(F)c(N4CCCCC4)c3)ncc2Cc2ccc(N3CCOCC3)c(F)c2)c1. The van der Waals surface area contributed by atoms with Gasteiger partial charge in [-0.05, 0) is 72.9 Å². The number of rotatable bonds is 10. The fourth-order valence-electron chi connectivity index (χ4n) is 5.99. The number of piperidine rings is 1. The van der Waals surface area contributed by atoms with Gasteiger partial charge >= 0.3 is 0 Å². The van der Waals surface area contributed by atoms with Crippen LogP contribution in [0.1, 0.15) is 36.0 Å². The van der Waals surface area contributed by atoms with Crippen LogP contribution in [0.4, 0.5) is 31.8 Å². The molecule has 2 saturated heterocycles. The lowest BCUT2D eigenvalue weighted by atomic mass is 9.98. The predicted octanol–water partition coefficient (Wildman–Crippen LogP) is 6.88. The molecule has 3 heterocycles. The second-order valence-electron chi connectivity index (χ2n) is 11.5. The minimum absolute atomic E-state index is 0.0749. The maximum Gasteiger partial charge on any atom is 0.227 e. The molecule has 0 atom stereocenters. The van der Waals surface area contributed by atoms with Gasteiger partial charge in [0.05, 0.1) is 30.3 Å². The molecule has 0 radical (unpaired) electrons. The van der Waals surface area contributed by atoms with Crippen molar-refractivity contribution in [3.63, 3.8) is 0 Å². The van der Waals surface area contributed by atoms with Gasteiger partial charge in [0, 0.05) is 62.0 Å².